The van der Waals surface area contributed by atoms with Crippen LogP contribution in [0.2, 0.25) is 5.02 Å². The van der Waals surface area contributed by atoms with E-state index in [1.165, 1.54) is 30.6 Å². The Kier molecular flexibility index (Phi) is 5.29. The Labute approximate surface area is 146 Å². The lowest BCUT2D eigenvalue weighted by Gasteiger charge is -2.12. The number of halogens is 1. The normalized spacial score (nSPS) is 16.0. The molecule has 0 saturated heterocycles. The monoisotopic (exact) mass is 345 g/mol. The Morgan fingerprint density at radius 3 is 2.48 bits per heavy atom. The van der Waals surface area contributed by atoms with Gasteiger partial charge in [0.2, 0.25) is 0 Å². The summed E-state index contributed by atoms with van der Waals surface area (Å²) in [5, 5.41) is 0.228. The van der Waals surface area contributed by atoms with Crippen molar-refractivity contribution in [2.24, 2.45) is 5.92 Å². The Bertz CT molecular complexity index is 758. The van der Waals surface area contributed by atoms with Crippen LogP contribution in [0.15, 0.2) is 52.2 Å². The van der Waals surface area contributed by atoms with Crippen molar-refractivity contribution in [3.8, 4) is 0 Å². The summed E-state index contributed by atoms with van der Waals surface area (Å²) in [7, 11) is 0. The molecule has 1 aromatic carbocycles. The van der Waals surface area contributed by atoms with E-state index < -0.39 is 0 Å². The zero-order valence-corrected chi connectivity index (χ0v) is 14.7. The molecule has 1 N–H and O–H groups in total. The number of H-pyrrole nitrogens is 1. The first-order valence-electron chi connectivity index (χ1n) is 7.93. The highest BCUT2D eigenvalue weighted by Crippen LogP contribution is 2.32. The van der Waals surface area contributed by atoms with Gasteiger partial charge in [0.15, 0.2) is 0 Å². The van der Waals surface area contributed by atoms with E-state index in [1.807, 2.05) is 6.07 Å². The second kappa shape index (κ2) is 7.41. The fourth-order valence-corrected chi connectivity index (χ4v) is 3.60. The van der Waals surface area contributed by atoms with E-state index in [0.717, 1.165) is 16.8 Å². The van der Waals surface area contributed by atoms with Gasteiger partial charge in [0.05, 0.1) is 0 Å². The van der Waals surface area contributed by atoms with Gasteiger partial charge in [-0.05, 0) is 54.8 Å². The number of benzene rings is 1. The summed E-state index contributed by atoms with van der Waals surface area (Å²) < 4.78 is 0. The number of hydrogen-bond donors (Lipinski definition) is 1. The third kappa shape index (κ3) is 3.91. The van der Waals surface area contributed by atoms with E-state index in [2.05, 4.69) is 41.6 Å². The van der Waals surface area contributed by atoms with Crippen LogP contribution in [0.5, 0.6) is 0 Å². The Balaban J connectivity index is 2.04. The minimum atomic E-state index is -0.234. The van der Waals surface area contributed by atoms with Crippen LogP contribution in [-0.4, -0.2) is 11.2 Å². The maximum absolute atomic E-state index is 11.9. The Morgan fingerprint density at radius 2 is 1.87 bits per heavy atom. The third-order valence-electron chi connectivity index (χ3n) is 4.35. The first-order chi connectivity index (χ1) is 11.2. The highest BCUT2D eigenvalue weighted by atomic mass is 35.5. The maximum Gasteiger partial charge on any atom is 0.267 e. The molecule has 1 aliphatic rings. The van der Waals surface area contributed by atoms with Crippen LogP contribution in [0.3, 0.4) is 0 Å². The van der Waals surface area contributed by atoms with E-state index in [1.54, 1.807) is 17.8 Å². The van der Waals surface area contributed by atoms with Crippen LogP contribution >= 0.6 is 23.4 Å². The minimum Gasteiger partial charge on any atom is -0.321 e. The van der Waals surface area contributed by atoms with Crippen molar-refractivity contribution in [3.63, 3.8) is 0 Å². The van der Waals surface area contributed by atoms with Crippen molar-refractivity contribution >= 4 is 28.9 Å². The van der Waals surface area contributed by atoms with Gasteiger partial charge in [-0.2, -0.15) is 0 Å². The average Bonchev–Trinajstić information content (AvgIpc) is 3.09. The lowest BCUT2D eigenvalue weighted by molar-refractivity contribution is 0.687. The van der Waals surface area contributed by atoms with Crippen molar-refractivity contribution in [1.29, 1.82) is 0 Å². The van der Waals surface area contributed by atoms with E-state index in [4.69, 9.17) is 11.6 Å². The van der Waals surface area contributed by atoms with E-state index in [9.17, 15) is 4.79 Å². The molecule has 1 heterocycles. The van der Waals surface area contributed by atoms with Gasteiger partial charge in [0.1, 0.15) is 5.02 Å². The fraction of sp³-hybridized carbons (Fsp3) is 0.316. The molecule has 2 nitrogen and oxygen atoms in total. The molecule has 1 saturated carbocycles. The molecule has 1 aromatic heterocycles. The zero-order chi connectivity index (χ0) is 16.2. The predicted molar refractivity (Wildman–Crippen MR) is 99.3 cm³/mol. The van der Waals surface area contributed by atoms with Gasteiger partial charge < -0.3 is 4.98 Å². The molecule has 1 fully saturated rings. The number of hydrogen-bond acceptors (Lipinski definition) is 2. The summed E-state index contributed by atoms with van der Waals surface area (Å²) in [6.07, 6.45) is 9.42. The van der Waals surface area contributed by atoms with Crippen LogP contribution in [0, 0.1) is 5.92 Å². The van der Waals surface area contributed by atoms with Crippen LogP contribution in [0.25, 0.3) is 5.57 Å². The molecule has 0 atom stereocenters. The third-order valence-corrected chi connectivity index (χ3v) is 5.40. The van der Waals surface area contributed by atoms with Crippen LogP contribution in [0.1, 0.15) is 36.9 Å². The molecule has 2 aromatic rings. The summed E-state index contributed by atoms with van der Waals surface area (Å²) in [6.45, 7) is 0. The lowest BCUT2D eigenvalue weighted by Crippen LogP contribution is -2.09. The van der Waals surface area contributed by atoms with Crippen LogP contribution in [0.4, 0.5) is 0 Å². The number of allylic oxidation sites excluding steroid dienone is 1. The summed E-state index contributed by atoms with van der Waals surface area (Å²) >= 11 is 7.60. The molecular weight excluding hydrogens is 326 g/mol. The topological polar surface area (TPSA) is 32.9 Å². The highest BCUT2D eigenvalue weighted by Gasteiger charge is 2.16. The average molecular weight is 346 g/mol. The van der Waals surface area contributed by atoms with Gasteiger partial charge in [-0.3, -0.25) is 4.79 Å². The first-order valence-corrected chi connectivity index (χ1v) is 9.53. The number of pyridine rings is 1. The van der Waals surface area contributed by atoms with Crippen molar-refractivity contribution < 1.29 is 0 Å². The largest absolute Gasteiger partial charge is 0.321 e. The molecule has 0 bridgehead atoms. The van der Waals surface area contributed by atoms with Gasteiger partial charge >= 0.3 is 0 Å². The SMILES string of the molecule is CSc1ccc(/C(=C/C2CCCC2)c2ccc(Cl)c(=O)[nH]2)cc1. The van der Waals surface area contributed by atoms with E-state index in [-0.39, 0.29) is 10.6 Å². The van der Waals surface area contributed by atoms with E-state index >= 15 is 0 Å². The smallest absolute Gasteiger partial charge is 0.267 e. The molecule has 0 radical (unpaired) electrons. The van der Waals surface area contributed by atoms with Crippen molar-refractivity contribution in [3.05, 3.63) is 69.1 Å². The maximum atomic E-state index is 11.9. The van der Waals surface area contributed by atoms with Gasteiger partial charge in [-0.25, -0.2) is 0 Å². The first kappa shape index (κ1) is 16.4. The second-order valence-electron chi connectivity index (χ2n) is 5.90. The highest BCUT2D eigenvalue weighted by molar-refractivity contribution is 7.98. The van der Waals surface area contributed by atoms with Gasteiger partial charge in [0, 0.05) is 16.2 Å². The molecule has 0 unspecified atom stereocenters. The summed E-state index contributed by atoms with van der Waals surface area (Å²) in [5.41, 5.74) is 2.83. The molecular formula is C19H20ClNOS. The molecule has 4 heteroatoms. The number of aromatic amines is 1. The van der Waals surface area contributed by atoms with Gasteiger partial charge in [-0.1, -0.05) is 42.7 Å². The summed E-state index contributed by atoms with van der Waals surface area (Å²) in [4.78, 5) is 16.0. The Hall–Kier alpha value is -1.45. The summed E-state index contributed by atoms with van der Waals surface area (Å²) in [5.74, 6) is 0.587. The van der Waals surface area contributed by atoms with Crippen molar-refractivity contribution in [2.75, 3.05) is 6.26 Å². The predicted octanol–water partition coefficient (Wildman–Crippen LogP) is 5.37. The molecule has 1 aliphatic carbocycles. The minimum absolute atomic E-state index is 0.228. The fourth-order valence-electron chi connectivity index (χ4n) is 3.08. The molecule has 3 rings (SSSR count). The number of thioether (sulfide) groups is 1. The van der Waals surface area contributed by atoms with E-state index in [0.29, 0.717) is 5.92 Å². The molecule has 120 valence electrons. The van der Waals surface area contributed by atoms with Crippen LogP contribution in [-0.2, 0) is 0 Å². The lowest BCUT2D eigenvalue weighted by atomic mass is 9.96. The number of aromatic nitrogens is 1. The standard InChI is InChI=1S/C19H20ClNOS/c1-23-15-8-6-14(7-9-15)16(12-13-4-2-3-5-13)18-11-10-17(20)19(22)21-18/h6-13H,2-5H2,1H3,(H,21,22)/b16-12-. The van der Waals surface area contributed by atoms with Gasteiger partial charge in [-0.15, -0.1) is 11.8 Å². The molecule has 23 heavy (non-hydrogen) atoms. The van der Waals surface area contributed by atoms with Crippen LogP contribution < -0.4 is 5.56 Å². The number of rotatable bonds is 4. The molecule has 0 amide bonds. The Morgan fingerprint density at radius 1 is 1.17 bits per heavy atom. The zero-order valence-electron chi connectivity index (χ0n) is 13.1. The second-order valence-corrected chi connectivity index (χ2v) is 7.19. The summed E-state index contributed by atoms with van der Waals surface area (Å²) in [6, 6.07) is 12.1. The van der Waals surface area contributed by atoms with Crippen molar-refractivity contribution in [1.82, 2.24) is 4.98 Å². The quantitative estimate of drug-likeness (QED) is 0.755. The van der Waals surface area contributed by atoms with Gasteiger partial charge in [0.25, 0.3) is 5.56 Å². The van der Waals surface area contributed by atoms with Crippen molar-refractivity contribution in [2.45, 2.75) is 30.6 Å². The number of nitrogens with one attached hydrogen (secondary N) is 1. The molecule has 0 aliphatic heterocycles. The molecule has 0 spiro atoms.